The highest BCUT2D eigenvalue weighted by Gasteiger charge is 2.16. The Kier molecular flexibility index (Phi) is 7.41. The molecule has 0 aliphatic carbocycles. The summed E-state index contributed by atoms with van der Waals surface area (Å²) < 4.78 is 27.8. The monoisotopic (exact) mass is 479 g/mol. The number of aryl methyl sites for hydroxylation is 1. The van der Waals surface area contributed by atoms with Crippen LogP contribution in [0.15, 0.2) is 77.7 Å². The lowest BCUT2D eigenvalue weighted by molar-refractivity contribution is -0.115. The maximum atomic E-state index is 12.6. The predicted molar refractivity (Wildman–Crippen MR) is 135 cm³/mol. The summed E-state index contributed by atoms with van der Waals surface area (Å²) in [4.78, 5) is 24.9. The van der Waals surface area contributed by atoms with E-state index in [-0.39, 0.29) is 22.8 Å². The molecule has 0 radical (unpaired) electrons. The van der Waals surface area contributed by atoms with Crippen LogP contribution < -0.4 is 15.4 Å². The molecule has 0 spiro atoms. The summed E-state index contributed by atoms with van der Waals surface area (Å²) in [5.74, 6) is -0.781. The topological polar surface area (TPSA) is 104 Å². The lowest BCUT2D eigenvalue weighted by Gasteiger charge is -2.19. The van der Waals surface area contributed by atoms with Crippen molar-refractivity contribution in [2.45, 2.75) is 38.0 Å². The zero-order chi connectivity index (χ0) is 24.9. The van der Waals surface area contributed by atoms with E-state index in [9.17, 15) is 18.0 Å². The van der Waals surface area contributed by atoms with Crippen LogP contribution in [-0.4, -0.2) is 26.8 Å². The first-order valence-corrected chi connectivity index (χ1v) is 12.3. The molecule has 34 heavy (non-hydrogen) atoms. The third-order valence-corrected chi connectivity index (χ3v) is 6.62. The van der Waals surface area contributed by atoms with E-state index in [1.807, 2.05) is 12.1 Å². The molecule has 0 fully saturated rings. The van der Waals surface area contributed by atoms with Crippen LogP contribution in [0.4, 0.5) is 11.4 Å². The van der Waals surface area contributed by atoms with Crippen molar-refractivity contribution in [3.8, 4) is 0 Å². The van der Waals surface area contributed by atoms with Gasteiger partial charge in [-0.25, -0.2) is 8.42 Å². The van der Waals surface area contributed by atoms with E-state index in [1.165, 1.54) is 12.1 Å². The smallest absolute Gasteiger partial charge is 0.261 e. The van der Waals surface area contributed by atoms with E-state index in [1.54, 1.807) is 55.5 Å². The number of amides is 2. The number of anilines is 2. The number of rotatable bonds is 7. The second-order valence-electron chi connectivity index (χ2n) is 9.01. The molecule has 178 valence electrons. The Hall–Kier alpha value is -3.65. The van der Waals surface area contributed by atoms with Gasteiger partial charge in [0.2, 0.25) is 5.91 Å². The van der Waals surface area contributed by atoms with Crippen molar-refractivity contribution >= 4 is 33.2 Å². The first-order valence-electron chi connectivity index (χ1n) is 10.8. The summed E-state index contributed by atoms with van der Waals surface area (Å²) in [6.45, 7) is 7.82. The van der Waals surface area contributed by atoms with E-state index in [4.69, 9.17) is 0 Å². The van der Waals surface area contributed by atoms with Crippen LogP contribution in [0, 0.1) is 6.92 Å². The Morgan fingerprint density at radius 1 is 0.882 bits per heavy atom. The van der Waals surface area contributed by atoms with Gasteiger partial charge in [-0.1, -0.05) is 57.2 Å². The van der Waals surface area contributed by atoms with Crippen molar-refractivity contribution in [1.82, 2.24) is 5.32 Å². The Bertz CT molecular complexity index is 1280. The highest BCUT2D eigenvalue weighted by Crippen LogP contribution is 2.24. The highest BCUT2D eigenvalue weighted by molar-refractivity contribution is 7.92. The van der Waals surface area contributed by atoms with Crippen molar-refractivity contribution in [3.63, 3.8) is 0 Å². The molecule has 0 aliphatic heterocycles. The van der Waals surface area contributed by atoms with Crippen LogP contribution in [0.5, 0.6) is 0 Å². The number of hydrogen-bond donors (Lipinski definition) is 3. The molecule has 0 saturated heterocycles. The molecular weight excluding hydrogens is 450 g/mol. The Morgan fingerprint density at radius 2 is 1.53 bits per heavy atom. The molecule has 0 bridgehead atoms. The lowest BCUT2D eigenvalue weighted by Crippen LogP contribution is -2.32. The fourth-order valence-corrected chi connectivity index (χ4v) is 4.35. The molecule has 3 aromatic rings. The summed E-state index contributed by atoms with van der Waals surface area (Å²) in [5.41, 5.74) is 3.02. The van der Waals surface area contributed by atoms with Crippen LogP contribution in [0.25, 0.3) is 0 Å². The molecule has 0 aromatic heterocycles. The van der Waals surface area contributed by atoms with Gasteiger partial charge in [0.1, 0.15) is 0 Å². The summed E-state index contributed by atoms with van der Waals surface area (Å²) in [5, 5.41) is 5.28. The molecule has 2 amide bonds. The first kappa shape index (κ1) is 25.0. The molecule has 0 unspecified atom stereocenters. The number of sulfonamides is 1. The van der Waals surface area contributed by atoms with Crippen LogP contribution in [0.1, 0.15) is 42.3 Å². The van der Waals surface area contributed by atoms with Gasteiger partial charge in [0.15, 0.2) is 0 Å². The largest absolute Gasteiger partial charge is 0.343 e. The quantitative estimate of drug-likeness (QED) is 0.465. The molecule has 8 heteroatoms. The molecular formula is C26H29N3O4S. The van der Waals surface area contributed by atoms with Crippen LogP contribution in [0.2, 0.25) is 0 Å². The zero-order valence-electron chi connectivity index (χ0n) is 19.7. The van der Waals surface area contributed by atoms with Gasteiger partial charge in [0.25, 0.3) is 15.9 Å². The second kappa shape index (κ2) is 10.1. The van der Waals surface area contributed by atoms with Crippen molar-refractivity contribution in [3.05, 3.63) is 89.5 Å². The van der Waals surface area contributed by atoms with E-state index in [0.29, 0.717) is 22.5 Å². The van der Waals surface area contributed by atoms with Crippen LogP contribution >= 0.6 is 0 Å². The first-order chi connectivity index (χ1) is 16.0. The van der Waals surface area contributed by atoms with Gasteiger partial charge in [0, 0.05) is 11.3 Å². The second-order valence-corrected chi connectivity index (χ2v) is 10.7. The molecule has 3 aromatic carbocycles. The van der Waals surface area contributed by atoms with Crippen molar-refractivity contribution in [2.75, 3.05) is 16.6 Å². The van der Waals surface area contributed by atoms with Crippen molar-refractivity contribution < 1.29 is 18.0 Å². The van der Waals surface area contributed by atoms with Gasteiger partial charge in [0.05, 0.1) is 17.1 Å². The van der Waals surface area contributed by atoms with Crippen molar-refractivity contribution in [2.24, 2.45) is 0 Å². The average Bonchev–Trinajstić information content (AvgIpc) is 2.79. The molecule has 0 atom stereocenters. The van der Waals surface area contributed by atoms with Gasteiger partial charge >= 0.3 is 0 Å². The van der Waals surface area contributed by atoms with E-state index < -0.39 is 15.9 Å². The van der Waals surface area contributed by atoms with Crippen LogP contribution in [0.3, 0.4) is 0 Å². The number of hydrogen-bond acceptors (Lipinski definition) is 4. The summed E-state index contributed by atoms with van der Waals surface area (Å²) in [6.07, 6.45) is 0. The van der Waals surface area contributed by atoms with Gasteiger partial charge in [-0.05, 0) is 59.9 Å². The fraction of sp³-hybridized carbons (Fsp3) is 0.231. The molecule has 0 saturated carbocycles. The Labute approximate surface area is 200 Å². The molecule has 0 heterocycles. The number of carbonyl (C=O) groups is 2. The minimum atomic E-state index is -3.77. The fourth-order valence-electron chi connectivity index (χ4n) is 3.20. The Morgan fingerprint density at radius 3 is 2.15 bits per heavy atom. The third kappa shape index (κ3) is 6.45. The predicted octanol–water partition coefficient (Wildman–Crippen LogP) is 4.46. The van der Waals surface area contributed by atoms with E-state index >= 15 is 0 Å². The maximum Gasteiger partial charge on any atom is 0.261 e. The number of nitrogens with one attached hydrogen (secondary N) is 3. The van der Waals surface area contributed by atoms with Gasteiger partial charge < -0.3 is 10.6 Å². The zero-order valence-corrected chi connectivity index (χ0v) is 20.5. The Balaban J connectivity index is 1.61. The molecule has 3 N–H and O–H groups in total. The maximum absolute atomic E-state index is 12.6. The van der Waals surface area contributed by atoms with Crippen LogP contribution in [-0.2, 0) is 20.2 Å². The molecule has 7 nitrogen and oxygen atoms in total. The third-order valence-electron chi connectivity index (χ3n) is 5.24. The number of carbonyl (C=O) groups excluding carboxylic acids is 2. The standard InChI is InChI=1S/C26H29N3O4S/c1-18-10-15-21(16-23(18)29-34(32,33)22-8-6-5-7-9-22)28-24(30)17-27-25(31)19-11-13-20(14-12-19)26(2,3)4/h5-16,29H,17H2,1-4H3,(H,27,31)(H,28,30). The van der Waals surface area contributed by atoms with E-state index in [0.717, 1.165) is 5.56 Å². The number of benzene rings is 3. The minimum absolute atomic E-state index is 0.0168. The molecule has 3 rings (SSSR count). The average molecular weight is 480 g/mol. The van der Waals surface area contributed by atoms with Gasteiger partial charge in [-0.15, -0.1) is 0 Å². The lowest BCUT2D eigenvalue weighted by atomic mass is 9.87. The van der Waals surface area contributed by atoms with Crippen molar-refractivity contribution in [1.29, 1.82) is 0 Å². The SMILES string of the molecule is Cc1ccc(NC(=O)CNC(=O)c2ccc(C(C)(C)C)cc2)cc1NS(=O)(=O)c1ccccc1. The van der Waals surface area contributed by atoms with Gasteiger partial charge in [-0.3, -0.25) is 14.3 Å². The minimum Gasteiger partial charge on any atom is -0.343 e. The highest BCUT2D eigenvalue weighted by atomic mass is 32.2. The van der Waals surface area contributed by atoms with E-state index in [2.05, 4.69) is 36.1 Å². The normalized spacial score (nSPS) is 11.5. The van der Waals surface area contributed by atoms with Gasteiger partial charge in [-0.2, -0.15) is 0 Å². The summed E-state index contributed by atoms with van der Waals surface area (Å²) in [6, 6.07) is 20.2. The summed E-state index contributed by atoms with van der Waals surface area (Å²) >= 11 is 0. The summed E-state index contributed by atoms with van der Waals surface area (Å²) in [7, 11) is -3.77. The molecule has 0 aliphatic rings.